The Morgan fingerprint density at radius 3 is 2.21 bits per heavy atom. The molecule has 14 heavy (non-hydrogen) atoms. The van der Waals surface area contributed by atoms with Crippen molar-refractivity contribution in [3.8, 4) is 0 Å². The van der Waals surface area contributed by atoms with Gasteiger partial charge in [-0.3, -0.25) is 4.21 Å². The average Bonchev–Trinajstić information content (AvgIpc) is 2.01. The second-order valence-corrected chi connectivity index (χ2v) is 5.04. The Balaban J connectivity index is 4.73. The van der Waals surface area contributed by atoms with Gasteiger partial charge in [-0.1, -0.05) is 26.8 Å². The van der Waals surface area contributed by atoms with Crippen molar-refractivity contribution in [1.82, 2.24) is 0 Å². The topological polar surface area (TPSA) is 17.1 Å². The normalized spacial score (nSPS) is 16.1. The first-order chi connectivity index (χ1) is 6.29. The van der Waals surface area contributed by atoms with E-state index in [4.69, 9.17) is 0 Å². The summed E-state index contributed by atoms with van der Waals surface area (Å²) < 4.78 is 48.1. The molecule has 0 fully saturated rings. The van der Waals surface area contributed by atoms with Gasteiger partial charge >= 0.3 is 6.18 Å². The third-order valence-corrected chi connectivity index (χ3v) is 2.97. The van der Waals surface area contributed by atoms with Crippen molar-refractivity contribution in [3.05, 3.63) is 11.0 Å². The highest BCUT2D eigenvalue weighted by atomic mass is 32.2. The Morgan fingerprint density at radius 1 is 1.43 bits per heavy atom. The molecule has 0 aromatic rings. The highest BCUT2D eigenvalue weighted by Crippen LogP contribution is 2.29. The van der Waals surface area contributed by atoms with Crippen LogP contribution in [-0.4, -0.2) is 16.1 Å². The highest BCUT2D eigenvalue weighted by molar-refractivity contribution is 7.89. The van der Waals surface area contributed by atoms with Gasteiger partial charge in [0.05, 0.1) is 10.8 Å². The van der Waals surface area contributed by atoms with E-state index >= 15 is 0 Å². The number of hydrogen-bond donors (Lipinski definition) is 0. The highest BCUT2D eigenvalue weighted by Gasteiger charge is 2.36. The minimum atomic E-state index is -4.46. The summed E-state index contributed by atoms with van der Waals surface area (Å²) in [5.74, 6) is 0.143. The maximum Gasteiger partial charge on any atom is 0.424 e. The van der Waals surface area contributed by atoms with Gasteiger partial charge in [0, 0.05) is 5.75 Å². The van der Waals surface area contributed by atoms with Crippen molar-refractivity contribution >= 4 is 10.8 Å². The number of halogens is 3. The van der Waals surface area contributed by atoms with E-state index in [1.807, 2.05) is 13.8 Å². The summed E-state index contributed by atoms with van der Waals surface area (Å²) in [6, 6.07) is 0. The molecule has 0 aromatic heterocycles. The summed E-state index contributed by atoms with van der Waals surface area (Å²) >= 11 is 0. The van der Waals surface area contributed by atoms with Crippen LogP contribution in [0.1, 0.15) is 27.2 Å². The lowest BCUT2D eigenvalue weighted by Crippen LogP contribution is -2.17. The van der Waals surface area contributed by atoms with Crippen LogP contribution < -0.4 is 0 Å². The average molecular weight is 228 g/mol. The lowest BCUT2D eigenvalue weighted by molar-refractivity contribution is -0.0843. The largest absolute Gasteiger partial charge is 0.424 e. The van der Waals surface area contributed by atoms with E-state index in [1.165, 1.54) is 6.92 Å². The van der Waals surface area contributed by atoms with Gasteiger partial charge in [-0.25, -0.2) is 0 Å². The van der Waals surface area contributed by atoms with Crippen molar-refractivity contribution in [2.24, 2.45) is 5.92 Å². The van der Waals surface area contributed by atoms with E-state index in [0.717, 1.165) is 6.08 Å². The van der Waals surface area contributed by atoms with Crippen LogP contribution in [0.2, 0.25) is 0 Å². The Kier molecular flexibility index (Phi) is 5.41. The van der Waals surface area contributed by atoms with Gasteiger partial charge in [-0.15, -0.1) is 0 Å². The van der Waals surface area contributed by atoms with Gasteiger partial charge in [0.1, 0.15) is 4.91 Å². The molecule has 0 bridgehead atoms. The van der Waals surface area contributed by atoms with Crippen LogP contribution in [0.5, 0.6) is 0 Å². The molecular formula is C9H15F3OS. The summed E-state index contributed by atoms with van der Waals surface area (Å²) in [5.41, 5.74) is 0. The molecule has 1 atom stereocenters. The molecule has 0 N–H and O–H groups in total. The van der Waals surface area contributed by atoms with E-state index in [9.17, 15) is 17.4 Å². The SMILES string of the molecule is CCS(=O)/C(=C/CC(C)C)C(F)(F)F. The molecule has 0 saturated heterocycles. The van der Waals surface area contributed by atoms with E-state index in [1.54, 1.807) is 0 Å². The number of rotatable bonds is 4. The summed E-state index contributed by atoms with van der Waals surface area (Å²) in [7, 11) is -1.91. The molecule has 0 radical (unpaired) electrons. The Hall–Kier alpha value is -0.320. The van der Waals surface area contributed by atoms with Crippen LogP contribution in [0.15, 0.2) is 11.0 Å². The Bertz CT molecular complexity index is 231. The van der Waals surface area contributed by atoms with Crippen molar-refractivity contribution in [1.29, 1.82) is 0 Å². The zero-order valence-corrected chi connectivity index (χ0v) is 9.34. The zero-order valence-electron chi connectivity index (χ0n) is 8.52. The third-order valence-electron chi connectivity index (χ3n) is 1.56. The van der Waals surface area contributed by atoms with Crippen molar-refractivity contribution in [2.75, 3.05) is 5.75 Å². The van der Waals surface area contributed by atoms with Crippen LogP contribution in [0.25, 0.3) is 0 Å². The maximum atomic E-state index is 12.3. The molecule has 0 aliphatic carbocycles. The lowest BCUT2D eigenvalue weighted by atomic mass is 10.1. The molecule has 0 spiro atoms. The fourth-order valence-electron chi connectivity index (χ4n) is 0.836. The number of allylic oxidation sites excluding steroid dienone is 2. The van der Waals surface area contributed by atoms with Crippen LogP contribution in [-0.2, 0) is 10.8 Å². The molecule has 0 aliphatic heterocycles. The van der Waals surface area contributed by atoms with Crippen LogP contribution in [0.4, 0.5) is 13.2 Å². The Morgan fingerprint density at radius 2 is 1.93 bits per heavy atom. The fraction of sp³-hybridized carbons (Fsp3) is 0.778. The molecule has 0 aliphatic rings. The first-order valence-electron chi connectivity index (χ1n) is 4.44. The van der Waals surface area contributed by atoms with Crippen LogP contribution in [0.3, 0.4) is 0 Å². The van der Waals surface area contributed by atoms with Gasteiger partial charge in [0.15, 0.2) is 0 Å². The monoisotopic (exact) mass is 228 g/mol. The third kappa shape index (κ3) is 4.79. The van der Waals surface area contributed by atoms with Gasteiger partial charge in [0.2, 0.25) is 0 Å². The summed E-state index contributed by atoms with van der Waals surface area (Å²) in [6.45, 7) is 5.11. The van der Waals surface area contributed by atoms with E-state index < -0.39 is 21.9 Å². The van der Waals surface area contributed by atoms with Crippen molar-refractivity contribution in [3.63, 3.8) is 0 Å². The molecular weight excluding hydrogens is 213 g/mol. The predicted molar refractivity (Wildman–Crippen MR) is 52.3 cm³/mol. The van der Waals surface area contributed by atoms with E-state index in [2.05, 4.69) is 0 Å². The first kappa shape index (κ1) is 13.7. The number of alkyl halides is 3. The molecule has 5 heteroatoms. The standard InChI is InChI=1S/C9H15F3OS/c1-4-14(13)8(9(10,11)12)6-5-7(2)3/h6-7H,4-5H2,1-3H3/b8-6+. The molecule has 0 aromatic carbocycles. The molecule has 1 unspecified atom stereocenters. The van der Waals surface area contributed by atoms with Crippen LogP contribution >= 0.6 is 0 Å². The van der Waals surface area contributed by atoms with Gasteiger partial charge in [0.25, 0.3) is 0 Å². The van der Waals surface area contributed by atoms with E-state index in [-0.39, 0.29) is 11.7 Å². The maximum absolute atomic E-state index is 12.3. The van der Waals surface area contributed by atoms with Gasteiger partial charge < -0.3 is 0 Å². The summed E-state index contributed by atoms with van der Waals surface area (Å²) in [4.78, 5) is -0.895. The van der Waals surface area contributed by atoms with Crippen molar-refractivity contribution in [2.45, 2.75) is 33.4 Å². The molecule has 0 amide bonds. The molecule has 0 saturated carbocycles. The molecule has 0 heterocycles. The van der Waals surface area contributed by atoms with Gasteiger partial charge in [-0.2, -0.15) is 13.2 Å². The lowest BCUT2D eigenvalue weighted by Gasteiger charge is -2.10. The smallest absolute Gasteiger partial charge is 0.254 e. The van der Waals surface area contributed by atoms with Crippen molar-refractivity contribution < 1.29 is 17.4 Å². The fourth-order valence-corrected chi connectivity index (χ4v) is 1.69. The quantitative estimate of drug-likeness (QED) is 0.722. The van der Waals surface area contributed by atoms with Gasteiger partial charge in [-0.05, 0) is 12.3 Å². The molecule has 84 valence electrons. The minimum absolute atomic E-state index is 0.00341. The first-order valence-corrected chi connectivity index (χ1v) is 5.76. The molecule has 0 rings (SSSR count). The minimum Gasteiger partial charge on any atom is -0.254 e. The predicted octanol–water partition coefficient (Wildman–Crippen LogP) is 3.25. The second-order valence-electron chi connectivity index (χ2n) is 3.33. The molecule has 1 nitrogen and oxygen atoms in total. The van der Waals surface area contributed by atoms with E-state index in [0.29, 0.717) is 6.42 Å². The summed E-state index contributed by atoms with van der Waals surface area (Å²) in [5, 5.41) is 0. The second kappa shape index (κ2) is 5.53. The zero-order chi connectivity index (χ0) is 11.4. The van der Waals surface area contributed by atoms with Crippen LogP contribution in [0, 0.1) is 5.92 Å². The number of hydrogen-bond acceptors (Lipinski definition) is 1. The Labute approximate surface area is 84.8 Å². The summed E-state index contributed by atoms with van der Waals surface area (Å²) in [6.07, 6.45) is -3.11.